The average Bonchev–Trinajstić information content (AvgIpc) is 2.90. The zero-order chi connectivity index (χ0) is 22.3. The van der Waals surface area contributed by atoms with Gasteiger partial charge in [0.05, 0.1) is 5.39 Å². The highest BCUT2D eigenvalue weighted by molar-refractivity contribution is 14.1. The van der Waals surface area contributed by atoms with Crippen molar-refractivity contribution in [2.75, 3.05) is 0 Å². The number of rotatable bonds is 9. The number of nitrogens with zero attached hydrogens (tertiary/aromatic N) is 3. The maximum absolute atomic E-state index is 10.8. The lowest BCUT2D eigenvalue weighted by atomic mass is 9.95. The van der Waals surface area contributed by atoms with E-state index < -0.39 is 16.6 Å². The van der Waals surface area contributed by atoms with Crippen LogP contribution in [0.15, 0.2) is 18.7 Å². The van der Waals surface area contributed by atoms with Crippen molar-refractivity contribution in [2.24, 2.45) is 0 Å². The summed E-state index contributed by atoms with van der Waals surface area (Å²) in [6, 6.07) is 0.280. The third-order valence-electron chi connectivity index (χ3n) is 7.36. The largest absolute Gasteiger partial charge is 0.432 e. The van der Waals surface area contributed by atoms with Crippen molar-refractivity contribution in [3.05, 3.63) is 22.3 Å². The van der Waals surface area contributed by atoms with Crippen LogP contribution in [0.1, 0.15) is 59.4 Å². The average molecular weight is 548 g/mol. The van der Waals surface area contributed by atoms with Gasteiger partial charge in [-0.3, -0.25) is 0 Å². The molecule has 0 amide bonds. The van der Waals surface area contributed by atoms with Crippen molar-refractivity contribution in [3.63, 3.8) is 0 Å². The monoisotopic (exact) mass is 547 g/mol. The Balaban J connectivity index is 2.35. The standard InChI is InChI=1S/C21H38IN3O2Si2/c1-20(2,28(5,6)26)11-9-16(10-12-21(3,4)29(7,8)27)25-14-18(22)17-13-23-15-24-19(17)25/h13-16,26-27H,9-12H2,1-8H3. The predicted molar refractivity (Wildman–Crippen MR) is 135 cm³/mol. The van der Waals surface area contributed by atoms with E-state index >= 15 is 0 Å². The van der Waals surface area contributed by atoms with Gasteiger partial charge in [-0.15, -0.1) is 0 Å². The van der Waals surface area contributed by atoms with Crippen molar-refractivity contribution >= 4 is 50.3 Å². The van der Waals surface area contributed by atoms with Gasteiger partial charge in [-0.25, -0.2) is 9.97 Å². The minimum Gasteiger partial charge on any atom is -0.432 e. The quantitative estimate of drug-likeness (QED) is 0.294. The number of hydrogen-bond donors (Lipinski definition) is 2. The summed E-state index contributed by atoms with van der Waals surface area (Å²) in [5.41, 5.74) is 0.978. The van der Waals surface area contributed by atoms with E-state index in [9.17, 15) is 9.59 Å². The Bertz CT molecular complexity index is 809. The maximum Gasteiger partial charge on any atom is 0.188 e. The van der Waals surface area contributed by atoms with Crippen LogP contribution in [-0.4, -0.2) is 40.8 Å². The highest BCUT2D eigenvalue weighted by Crippen LogP contribution is 2.45. The van der Waals surface area contributed by atoms with Crippen molar-refractivity contribution < 1.29 is 9.59 Å². The maximum atomic E-state index is 10.8. The summed E-state index contributed by atoms with van der Waals surface area (Å²) in [6.45, 7) is 16.9. The molecule has 0 atom stereocenters. The van der Waals surface area contributed by atoms with Crippen LogP contribution in [0.5, 0.6) is 0 Å². The summed E-state index contributed by atoms with van der Waals surface area (Å²) in [5, 5.41) is 0.971. The molecule has 0 aliphatic heterocycles. The first-order chi connectivity index (χ1) is 13.1. The molecule has 0 unspecified atom stereocenters. The van der Waals surface area contributed by atoms with E-state index in [1.165, 1.54) is 0 Å². The molecule has 2 heterocycles. The van der Waals surface area contributed by atoms with Gasteiger partial charge < -0.3 is 14.2 Å². The number of hydrogen-bond acceptors (Lipinski definition) is 4. The lowest BCUT2D eigenvalue weighted by molar-refractivity contribution is 0.347. The van der Waals surface area contributed by atoms with E-state index in [0.717, 1.165) is 40.3 Å². The molecule has 29 heavy (non-hydrogen) atoms. The first-order valence-electron chi connectivity index (χ1n) is 10.5. The number of aromatic nitrogens is 3. The van der Waals surface area contributed by atoms with Crippen LogP contribution in [-0.2, 0) is 0 Å². The van der Waals surface area contributed by atoms with Gasteiger partial charge in [-0.2, -0.15) is 0 Å². The number of fused-ring (bicyclic) bond motifs is 1. The fourth-order valence-electron chi connectivity index (χ4n) is 3.32. The number of halogens is 1. The van der Waals surface area contributed by atoms with E-state index in [1.54, 1.807) is 6.33 Å². The normalized spacial score (nSPS) is 14.2. The van der Waals surface area contributed by atoms with Gasteiger partial charge in [0.15, 0.2) is 16.6 Å². The molecule has 0 saturated carbocycles. The first-order valence-corrected chi connectivity index (χ1v) is 17.4. The molecule has 0 bridgehead atoms. The Morgan fingerprint density at radius 2 is 1.48 bits per heavy atom. The van der Waals surface area contributed by atoms with Gasteiger partial charge in [0.2, 0.25) is 0 Å². The van der Waals surface area contributed by atoms with Gasteiger partial charge in [-0.05, 0) is 84.5 Å². The fourth-order valence-corrected chi connectivity index (χ4v) is 5.51. The summed E-state index contributed by atoms with van der Waals surface area (Å²) in [4.78, 5) is 30.3. The van der Waals surface area contributed by atoms with E-state index in [1.807, 2.05) is 32.4 Å². The van der Waals surface area contributed by atoms with Gasteiger partial charge in [0.25, 0.3) is 0 Å². The molecule has 0 spiro atoms. The Morgan fingerprint density at radius 3 is 1.93 bits per heavy atom. The molecule has 0 aliphatic carbocycles. The third kappa shape index (κ3) is 5.69. The van der Waals surface area contributed by atoms with E-state index in [-0.39, 0.29) is 16.1 Å². The Morgan fingerprint density at radius 1 is 1.00 bits per heavy atom. The second-order valence-corrected chi connectivity index (χ2v) is 20.9. The van der Waals surface area contributed by atoms with Crippen LogP contribution < -0.4 is 0 Å². The first kappa shape index (κ1) is 25.0. The van der Waals surface area contributed by atoms with Crippen LogP contribution in [0.4, 0.5) is 0 Å². The molecule has 0 saturated heterocycles. The molecule has 0 aromatic carbocycles. The Kier molecular flexibility index (Phi) is 7.47. The molecule has 0 fully saturated rings. The molecule has 8 heteroatoms. The molecule has 0 radical (unpaired) electrons. The lowest BCUT2D eigenvalue weighted by Gasteiger charge is -2.38. The van der Waals surface area contributed by atoms with Crippen LogP contribution in [0.3, 0.4) is 0 Å². The predicted octanol–water partition coefficient (Wildman–Crippen LogP) is 6.09. The molecule has 164 valence electrons. The van der Waals surface area contributed by atoms with Gasteiger partial charge in [0, 0.05) is 22.0 Å². The minimum atomic E-state index is -2.26. The van der Waals surface area contributed by atoms with Gasteiger partial charge in [-0.1, -0.05) is 27.7 Å². The highest BCUT2D eigenvalue weighted by Gasteiger charge is 2.40. The summed E-state index contributed by atoms with van der Waals surface area (Å²) >= 11 is 2.36. The minimum absolute atomic E-state index is 0.0587. The molecule has 2 aromatic heterocycles. The van der Waals surface area contributed by atoms with Crippen LogP contribution >= 0.6 is 22.6 Å². The van der Waals surface area contributed by atoms with Crippen LogP contribution in [0.25, 0.3) is 11.0 Å². The van der Waals surface area contributed by atoms with Gasteiger partial charge >= 0.3 is 0 Å². The molecular weight excluding hydrogens is 509 g/mol. The van der Waals surface area contributed by atoms with Gasteiger partial charge in [0.1, 0.15) is 12.0 Å². The van der Waals surface area contributed by atoms with Crippen LogP contribution in [0, 0.1) is 3.57 Å². The van der Waals surface area contributed by atoms with Crippen molar-refractivity contribution in [1.29, 1.82) is 0 Å². The highest BCUT2D eigenvalue weighted by atomic mass is 127. The molecular formula is C21H38IN3O2Si2. The summed E-state index contributed by atoms with van der Waals surface area (Å²) in [5.74, 6) is 0. The van der Waals surface area contributed by atoms with Crippen molar-refractivity contribution in [2.45, 2.75) is 95.7 Å². The van der Waals surface area contributed by atoms with Crippen LogP contribution in [0.2, 0.25) is 36.3 Å². The van der Waals surface area contributed by atoms with E-state index in [4.69, 9.17) is 0 Å². The zero-order valence-corrected chi connectivity index (χ0v) is 23.4. The van der Waals surface area contributed by atoms with Crippen molar-refractivity contribution in [1.82, 2.24) is 14.5 Å². The summed E-state index contributed by atoms with van der Waals surface area (Å²) < 4.78 is 3.47. The van der Waals surface area contributed by atoms with Crippen molar-refractivity contribution in [3.8, 4) is 0 Å². The Hall–Kier alpha value is -0.296. The topological polar surface area (TPSA) is 71.2 Å². The molecule has 2 aromatic rings. The third-order valence-corrected chi connectivity index (χ3v) is 15.3. The second-order valence-electron chi connectivity index (χ2n) is 10.8. The Labute approximate surface area is 191 Å². The molecule has 0 aliphatic rings. The zero-order valence-electron chi connectivity index (χ0n) is 19.3. The second kappa shape index (κ2) is 8.68. The molecule has 5 nitrogen and oxygen atoms in total. The molecule has 2 rings (SSSR count). The SMILES string of the molecule is CC(C)(CCC(CCC(C)(C)[Si](C)(C)O)n1cc(I)c2cncnc21)[Si](C)(C)O. The lowest BCUT2D eigenvalue weighted by Crippen LogP contribution is -2.40. The fraction of sp³-hybridized carbons (Fsp3) is 0.714. The van der Waals surface area contributed by atoms with E-state index in [2.05, 4.69) is 71.0 Å². The summed E-state index contributed by atoms with van der Waals surface area (Å²) in [7, 11) is -4.52. The molecule has 2 N–H and O–H groups in total. The smallest absolute Gasteiger partial charge is 0.188 e. The summed E-state index contributed by atoms with van der Waals surface area (Å²) in [6.07, 6.45) is 9.60. The van der Waals surface area contributed by atoms with E-state index in [0.29, 0.717) is 0 Å².